The molecule has 4 rings (SSSR count). The van der Waals surface area contributed by atoms with Gasteiger partial charge in [-0.15, -0.1) is 0 Å². The minimum Gasteiger partial charge on any atom is -0.481 e. The topological polar surface area (TPSA) is 65.9 Å². The number of thiazole rings is 1. The zero-order valence-electron chi connectivity index (χ0n) is 20.5. The quantitative estimate of drug-likeness (QED) is 0.430. The Kier molecular flexibility index (Phi) is 7.87. The summed E-state index contributed by atoms with van der Waals surface area (Å²) in [5.41, 5.74) is 2.75. The Morgan fingerprint density at radius 2 is 1.94 bits per heavy atom. The fourth-order valence-corrected chi connectivity index (χ4v) is 5.65. The highest BCUT2D eigenvalue weighted by atomic mass is 32.1. The summed E-state index contributed by atoms with van der Waals surface area (Å²) in [5, 5.41) is 9.86. The summed E-state index contributed by atoms with van der Waals surface area (Å²) in [6.07, 6.45) is -4.36. The molecule has 2 aromatic carbocycles. The zero-order valence-corrected chi connectivity index (χ0v) is 21.3. The normalized spacial score (nSPS) is 17.3. The molecule has 1 aliphatic heterocycles. The number of piperazine rings is 1. The van der Waals surface area contributed by atoms with Crippen LogP contribution >= 0.6 is 11.3 Å². The van der Waals surface area contributed by atoms with Crippen molar-refractivity contribution in [3.05, 3.63) is 58.7 Å². The molecule has 0 radical (unpaired) electrons. The van der Waals surface area contributed by atoms with E-state index in [9.17, 15) is 18.0 Å². The average Bonchev–Trinajstić information content (AvgIpc) is 3.19. The molecule has 1 fully saturated rings. The lowest BCUT2D eigenvalue weighted by molar-refractivity contribution is -0.138. The number of nitrogens with zero attached hydrogens (tertiary/aromatic N) is 3. The molecule has 3 aromatic rings. The van der Waals surface area contributed by atoms with Crippen molar-refractivity contribution in [3.63, 3.8) is 0 Å². The summed E-state index contributed by atoms with van der Waals surface area (Å²) in [4.78, 5) is 20.3. The predicted octanol–water partition coefficient (Wildman–Crippen LogP) is 5.37. The monoisotopic (exact) mass is 521 g/mol. The first-order valence-electron chi connectivity index (χ1n) is 11.9. The summed E-state index contributed by atoms with van der Waals surface area (Å²) in [6, 6.07) is 9.56. The summed E-state index contributed by atoms with van der Waals surface area (Å²) >= 11 is 1.27. The zero-order chi connectivity index (χ0) is 26.0. The maximum absolute atomic E-state index is 13.2. The molecular formula is C26H30F3N3O3S. The van der Waals surface area contributed by atoms with Gasteiger partial charge in [-0.1, -0.05) is 35.1 Å². The first kappa shape index (κ1) is 26.4. The van der Waals surface area contributed by atoms with Crippen LogP contribution in [0, 0.1) is 6.92 Å². The van der Waals surface area contributed by atoms with Gasteiger partial charge in [0.25, 0.3) is 0 Å². The van der Waals surface area contributed by atoms with E-state index in [-0.39, 0.29) is 18.6 Å². The van der Waals surface area contributed by atoms with Gasteiger partial charge in [0.15, 0.2) is 5.13 Å². The maximum Gasteiger partial charge on any atom is 0.416 e. The molecule has 1 N–H and O–H groups in total. The standard InChI is InChI=1S/C26H30F3N3O3S/c1-16(2)35-15-21-14-31(13-19-9-17(3)8-18(10-19)11-24(33)34)6-7-32(21)25-30-22-5-4-20(26(27,28)29)12-23(22)36-25/h4-5,8-10,12,16,21H,6-7,11,13-15H2,1-3H3,(H,33,34)/t21-/m0/s1. The lowest BCUT2D eigenvalue weighted by Crippen LogP contribution is -2.55. The fourth-order valence-electron chi connectivity index (χ4n) is 4.55. The molecule has 0 bridgehead atoms. The van der Waals surface area contributed by atoms with E-state index >= 15 is 0 Å². The van der Waals surface area contributed by atoms with Crippen molar-refractivity contribution >= 4 is 32.7 Å². The number of anilines is 1. The number of halogens is 3. The molecular weight excluding hydrogens is 491 g/mol. The molecule has 1 saturated heterocycles. The van der Waals surface area contributed by atoms with E-state index in [1.54, 1.807) is 0 Å². The number of carboxylic acids is 1. The van der Waals surface area contributed by atoms with Gasteiger partial charge in [0.1, 0.15) is 0 Å². The molecule has 1 atom stereocenters. The third-order valence-electron chi connectivity index (χ3n) is 6.10. The molecule has 1 aliphatic rings. The maximum atomic E-state index is 13.2. The van der Waals surface area contributed by atoms with Gasteiger partial charge in [-0.2, -0.15) is 13.2 Å². The molecule has 2 heterocycles. The van der Waals surface area contributed by atoms with Crippen LogP contribution in [-0.4, -0.2) is 59.3 Å². The number of aliphatic carboxylic acids is 1. The highest BCUT2D eigenvalue weighted by molar-refractivity contribution is 7.22. The predicted molar refractivity (Wildman–Crippen MR) is 135 cm³/mol. The van der Waals surface area contributed by atoms with Crippen LogP contribution in [0.5, 0.6) is 0 Å². The number of fused-ring (bicyclic) bond motifs is 1. The summed E-state index contributed by atoms with van der Waals surface area (Å²) < 4.78 is 46.0. The van der Waals surface area contributed by atoms with E-state index in [0.29, 0.717) is 41.6 Å². The highest BCUT2D eigenvalue weighted by Gasteiger charge is 2.32. The number of ether oxygens (including phenoxy) is 1. The number of benzene rings is 2. The van der Waals surface area contributed by atoms with Crippen molar-refractivity contribution in [2.75, 3.05) is 31.1 Å². The first-order valence-corrected chi connectivity index (χ1v) is 12.7. The molecule has 194 valence electrons. The van der Waals surface area contributed by atoms with E-state index in [4.69, 9.17) is 9.84 Å². The number of rotatable bonds is 8. The number of hydrogen-bond donors (Lipinski definition) is 1. The minimum atomic E-state index is -4.39. The molecule has 0 unspecified atom stereocenters. The molecule has 36 heavy (non-hydrogen) atoms. The van der Waals surface area contributed by atoms with Crippen LogP contribution in [-0.2, 0) is 28.7 Å². The highest BCUT2D eigenvalue weighted by Crippen LogP contribution is 2.36. The van der Waals surface area contributed by atoms with Crippen molar-refractivity contribution < 1.29 is 27.8 Å². The number of alkyl halides is 3. The Morgan fingerprint density at radius 1 is 1.19 bits per heavy atom. The van der Waals surface area contributed by atoms with Crippen molar-refractivity contribution in [3.8, 4) is 0 Å². The lowest BCUT2D eigenvalue weighted by Gasteiger charge is -2.41. The van der Waals surface area contributed by atoms with Gasteiger partial charge in [-0.25, -0.2) is 4.98 Å². The second-order valence-corrected chi connectivity index (χ2v) is 10.5. The van der Waals surface area contributed by atoms with Crippen LogP contribution in [0.15, 0.2) is 36.4 Å². The first-order chi connectivity index (χ1) is 17.0. The summed E-state index contributed by atoms with van der Waals surface area (Å²) in [7, 11) is 0. The number of carboxylic acid groups (broad SMARTS) is 1. The summed E-state index contributed by atoms with van der Waals surface area (Å²) in [5.74, 6) is -0.857. The molecule has 1 aromatic heterocycles. The van der Waals surface area contributed by atoms with Gasteiger partial charge >= 0.3 is 12.1 Å². The van der Waals surface area contributed by atoms with Crippen molar-refractivity contribution in [2.24, 2.45) is 0 Å². The minimum absolute atomic E-state index is 0.0129. The Morgan fingerprint density at radius 3 is 2.64 bits per heavy atom. The number of hydrogen-bond acceptors (Lipinski definition) is 6. The third-order valence-corrected chi connectivity index (χ3v) is 7.15. The Labute approximate surface area is 212 Å². The van der Waals surface area contributed by atoms with E-state index in [1.165, 1.54) is 23.5 Å². The van der Waals surface area contributed by atoms with Crippen LogP contribution in [0.25, 0.3) is 10.2 Å². The fraction of sp³-hybridized carbons (Fsp3) is 0.462. The van der Waals surface area contributed by atoms with Crippen LogP contribution < -0.4 is 4.90 Å². The van der Waals surface area contributed by atoms with E-state index in [0.717, 1.165) is 29.3 Å². The number of carbonyl (C=O) groups is 1. The smallest absolute Gasteiger partial charge is 0.416 e. The molecule has 10 heteroatoms. The molecule has 0 saturated carbocycles. The Bertz CT molecular complexity index is 1230. The molecule has 0 amide bonds. The van der Waals surface area contributed by atoms with E-state index < -0.39 is 17.7 Å². The van der Waals surface area contributed by atoms with Gasteiger partial charge < -0.3 is 14.7 Å². The lowest BCUT2D eigenvalue weighted by atomic mass is 10.0. The van der Waals surface area contributed by atoms with Crippen molar-refractivity contribution in [1.82, 2.24) is 9.88 Å². The Hall–Kier alpha value is -2.69. The van der Waals surface area contributed by atoms with E-state index in [1.807, 2.05) is 32.9 Å². The summed E-state index contributed by atoms with van der Waals surface area (Å²) in [6.45, 7) is 9.14. The van der Waals surface area contributed by atoms with Crippen LogP contribution in [0.2, 0.25) is 0 Å². The van der Waals surface area contributed by atoms with Gasteiger partial charge in [-0.3, -0.25) is 9.69 Å². The molecule has 6 nitrogen and oxygen atoms in total. The largest absolute Gasteiger partial charge is 0.481 e. The van der Waals surface area contributed by atoms with Crippen molar-refractivity contribution in [1.29, 1.82) is 0 Å². The van der Waals surface area contributed by atoms with Gasteiger partial charge in [0, 0.05) is 26.2 Å². The van der Waals surface area contributed by atoms with Crippen LogP contribution in [0.4, 0.5) is 18.3 Å². The molecule has 0 aliphatic carbocycles. The SMILES string of the molecule is Cc1cc(CC(=O)O)cc(CN2CCN(c3nc4ccc(C(F)(F)F)cc4s3)[C@H](COC(C)C)C2)c1. The van der Waals surface area contributed by atoms with Crippen LogP contribution in [0.1, 0.15) is 36.1 Å². The average molecular weight is 522 g/mol. The van der Waals surface area contributed by atoms with Crippen LogP contribution in [0.3, 0.4) is 0 Å². The van der Waals surface area contributed by atoms with Gasteiger partial charge in [-0.05, 0) is 50.1 Å². The number of aromatic nitrogens is 1. The van der Waals surface area contributed by atoms with Gasteiger partial charge in [0.05, 0.1) is 41.0 Å². The van der Waals surface area contributed by atoms with E-state index in [2.05, 4.69) is 20.9 Å². The second-order valence-electron chi connectivity index (χ2n) is 9.54. The number of aryl methyl sites for hydroxylation is 1. The molecule has 0 spiro atoms. The third kappa shape index (κ3) is 6.54. The van der Waals surface area contributed by atoms with Gasteiger partial charge in [0.2, 0.25) is 0 Å². The Balaban J connectivity index is 1.54. The second kappa shape index (κ2) is 10.7. The van der Waals surface area contributed by atoms with Crippen molar-refractivity contribution in [2.45, 2.75) is 52.1 Å².